The summed E-state index contributed by atoms with van der Waals surface area (Å²) in [6, 6.07) is 5.20. The molecule has 0 atom stereocenters. The van der Waals surface area contributed by atoms with Crippen LogP contribution in [0.3, 0.4) is 0 Å². The summed E-state index contributed by atoms with van der Waals surface area (Å²) in [4.78, 5) is 30.4. The number of aryl methyl sites for hydroxylation is 1. The zero-order chi connectivity index (χ0) is 25.4. The number of fused-ring (bicyclic) bond motifs is 1. The van der Waals surface area contributed by atoms with Gasteiger partial charge in [0.2, 0.25) is 0 Å². The lowest BCUT2D eigenvalue weighted by atomic mass is 10.1. The highest BCUT2D eigenvalue weighted by atomic mass is 16.4. The van der Waals surface area contributed by atoms with Gasteiger partial charge in [0.05, 0.1) is 12.7 Å². The number of carboxylic acid groups (broad SMARTS) is 1. The van der Waals surface area contributed by atoms with Gasteiger partial charge in [0.15, 0.2) is 5.65 Å². The van der Waals surface area contributed by atoms with Gasteiger partial charge in [-0.3, -0.25) is 4.79 Å². The van der Waals surface area contributed by atoms with E-state index in [1.54, 1.807) is 19.2 Å². The molecule has 35 heavy (non-hydrogen) atoms. The summed E-state index contributed by atoms with van der Waals surface area (Å²) in [5.41, 5.74) is 2.47. The van der Waals surface area contributed by atoms with Gasteiger partial charge in [-0.1, -0.05) is 19.6 Å². The van der Waals surface area contributed by atoms with Crippen molar-refractivity contribution in [3.05, 3.63) is 64.2 Å². The maximum absolute atomic E-state index is 12.1. The molecule has 1 saturated heterocycles. The molecule has 0 bridgehead atoms. The number of aliphatic hydroxyl groups is 1. The second-order valence-electron chi connectivity index (χ2n) is 8.39. The number of carbonyl (C=O) groups is 1. The third-order valence-corrected chi connectivity index (χ3v) is 5.77. The van der Waals surface area contributed by atoms with Crippen molar-refractivity contribution >= 4 is 23.3 Å². The number of rotatable bonds is 8. The van der Waals surface area contributed by atoms with Crippen molar-refractivity contribution in [3.63, 3.8) is 0 Å². The number of hydrogen-bond donors (Lipinski definition) is 3. The summed E-state index contributed by atoms with van der Waals surface area (Å²) in [5.74, 6) is 0.649. The summed E-state index contributed by atoms with van der Waals surface area (Å²) in [5, 5.41) is 24.6. The van der Waals surface area contributed by atoms with Gasteiger partial charge in [0.25, 0.3) is 5.56 Å². The van der Waals surface area contributed by atoms with E-state index in [1.165, 1.54) is 29.9 Å². The molecule has 188 valence electrons. The molecule has 0 aromatic carbocycles. The molecule has 0 saturated carbocycles. The van der Waals surface area contributed by atoms with E-state index in [0.29, 0.717) is 6.54 Å². The van der Waals surface area contributed by atoms with E-state index in [2.05, 4.69) is 28.8 Å². The van der Waals surface area contributed by atoms with Crippen LogP contribution in [0.15, 0.2) is 47.5 Å². The van der Waals surface area contributed by atoms with Gasteiger partial charge in [0, 0.05) is 55.7 Å². The highest BCUT2D eigenvalue weighted by Gasteiger charge is 2.17. The quantitative estimate of drug-likeness (QED) is 0.419. The average molecular weight is 483 g/mol. The van der Waals surface area contributed by atoms with Crippen LogP contribution in [0.1, 0.15) is 44.2 Å². The maximum Gasteiger partial charge on any atom is 0.332 e. The lowest BCUT2D eigenvalue weighted by Crippen LogP contribution is -2.30. The Hall–Kier alpha value is -3.66. The van der Waals surface area contributed by atoms with Crippen molar-refractivity contribution < 1.29 is 15.0 Å². The van der Waals surface area contributed by atoms with Gasteiger partial charge in [-0.25, -0.2) is 9.78 Å². The molecule has 0 amide bonds. The molecule has 10 heteroatoms. The molecule has 0 unspecified atom stereocenters. The van der Waals surface area contributed by atoms with Crippen molar-refractivity contribution in [1.82, 2.24) is 19.2 Å². The minimum atomic E-state index is -1.12. The van der Waals surface area contributed by atoms with Crippen LogP contribution in [-0.4, -0.2) is 55.0 Å². The first-order valence-corrected chi connectivity index (χ1v) is 12.0. The van der Waals surface area contributed by atoms with Crippen LogP contribution < -0.4 is 15.8 Å². The summed E-state index contributed by atoms with van der Waals surface area (Å²) in [6.45, 7) is 9.92. The molecule has 1 aliphatic heterocycles. The molecule has 4 heterocycles. The van der Waals surface area contributed by atoms with Crippen molar-refractivity contribution in [3.8, 4) is 0 Å². The van der Waals surface area contributed by atoms with Crippen LogP contribution in [-0.2, 0) is 24.3 Å². The molecule has 4 rings (SSSR count). The highest BCUT2D eigenvalue weighted by Crippen LogP contribution is 2.24. The van der Waals surface area contributed by atoms with E-state index in [1.807, 2.05) is 16.8 Å². The largest absolute Gasteiger partial charge is 0.478 e. The molecule has 0 radical (unpaired) electrons. The van der Waals surface area contributed by atoms with Crippen molar-refractivity contribution in [1.29, 1.82) is 0 Å². The van der Waals surface area contributed by atoms with Crippen LogP contribution in [0.5, 0.6) is 0 Å². The highest BCUT2D eigenvalue weighted by molar-refractivity contribution is 5.85. The molecule has 1 aliphatic rings. The van der Waals surface area contributed by atoms with E-state index < -0.39 is 5.97 Å². The first-order chi connectivity index (χ1) is 16.9. The van der Waals surface area contributed by atoms with Crippen molar-refractivity contribution in [2.45, 2.75) is 52.6 Å². The zero-order valence-electron chi connectivity index (χ0n) is 20.4. The first kappa shape index (κ1) is 26.0. The van der Waals surface area contributed by atoms with Crippen LogP contribution in [0.2, 0.25) is 0 Å². The fraction of sp³-hybridized carbons (Fsp3) is 0.440. The first-order valence-electron chi connectivity index (χ1n) is 12.0. The normalized spacial score (nSPS) is 13.3. The molecule has 10 nitrogen and oxygen atoms in total. The Bertz CT molecular complexity index is 1230. The molecule has 3 aromatic heterocycles. The number of aliphatic carboxylic acids is 1. The standard InChI is InChI=1S/C23H28N6O3.C2H6O/c1-3-18-13-25-29-19(11-20(26-22(18)29)27-9-5-4-6-10-27)24-12-17-7-8-21(30)28(15-17)14-16(2)23(31)32;1-2-3/h7-8,11,13,15,24H,2-6,9-10,12,14H2,1H3,(H,31,32);3H,2H2,1H3. The Balaban J connectivity index is 0.00000108. The molecule has 3 aromatic rings. The van der Waals surface area contributed by atoms with E-state index in [0.717, 1.165) is 47.9 Å². The van der Waals surface area contributed by atoms with Gasteiger partial charge in [0.1, 0.15) is 11.6 Å². The predicted molar refractivity (Wildman–Crippen MR) is 136 cm³/mol. The van der Waals surface area contributed by atoms with Crippen LogP contribution in [0, 0.1) is 0 Å². The fourth-order valence-electron chi connectivity index (χ4n) is 3.93. The van der Waals surface area contributed by atoms with Gasteiger partial charge >= 0.3 is 5.97 Å². The SMILES string of the molecule is C=C(Cn1cc(CNc2cc(N3CCCCC3)nc3c(CC)cnn23)ccc1=O)C(=O)O.CCO. The third-order valence-electron chi connectivity index (χ3n) is 5.77. The summed E-state index contributed by atoms with van der Waals surface area (Å²) < 4.78 is 3.17. The number of aliphatic hydroxyl groups excluding tert-OH is 1. The molecule has 0 spiro atoms. The minimum absolute atomic E-state index is 0.0390. The fourth-order valence-corrected chi connectivity index (χ4v) is 3.93. The Morgan fingerprint density at radius 2 is 1.91 bits per heavy atom. The summed E-state index contributed by atoms with van der Waals surface area (Å²) in [6.07, 6.45) is 7.94. The van der Waals surface area contributed by atoms with Crippen molar-refractivity contribution in [2.24, 2.45) is 0 Å². The number of piperidine rings is 1. The van der Waals surface area contributed by atoms with Gasteiger partial charge in [-0.2, -0.15) is 9.61 Å². The zero-order valence-corrected chi connectivity index (χ0v) is 20.4. The Morgan fingerprint density at radius 1 is 1.20 bits per heavy atom. The predicted octanol–water partition coefficient (Wildman–Crippen LogP) is 2.70. The average Bonchev–Trinajstić information content (AvgIpc) is 3.28. The molecule has 1 fully saturated rings. The van der Waals surface area contributed by atoms with E-state index in [9.17, 15) is 9.59 Å². The van der Waals surface area contributed by atoms with E-state index in [-0.39, 0.29) is 24.3 Å². The lowest BCUT2D eigenvalue weighted by molar-refractivity contribution is -0.132. The van der Waals surface area contributed by atoms with Gasteiger partial charge < -0.3 is 25.0 Å². The Labute approximate surface area is 204 Å². The van der Waals surface area contributed by atoms with Crippen molar-refractivity contribution in [2.75, 3.05) is 29.9 Å². The van der Waals surface area contributed by atoms with E-state index in [4.69, 9.17) is 15.2 Å². The Kier molecular flexibility index (Phi) is 9.02. The number of pyridine rings is 1. The summed E-state index contributed by atoms with van der Waals surface area (Å²) >= 11 is 0. The minimum Gasteiger partial charge on any atom is -0.478 e. The molecular formula is C25H34N6O4. The summed E-state index contributed by atoms with van der Waals surface area (Å²) in [7, 11) is 0. The topological polar surface area (TPSA) is 125 Å². The lowest BCUT2D eigenvalue weighted by Gasteiger charge is -2.28. The Morgan fingerprint density at radius 3 is 2.57 bits per heavy atom. The smallest absolute Gasteiger partial charge is 0.332 e. The number of nitrogens with one attached hydrogen (secondary N) is 1. The maximum atomic E-state index is 12.1. The number of anilines is 2. The number of hydrogen-bond acceptors (Lipinski definition) is 7. The molecule has 3 N–H and O–H groups in total. The van der Waals surface area contributed by atoms with Crippen LogP contribution in [0.4, 0.5) is 11.6 Å². The number of carboxylic acids is 1. The van der Waals surface area contributed by atoms with Crippen LogP contribution >= 0.6 is 0 Å². The molecule has 0 aliphatic carbocycles. The van der Waals surface area contributed by atoms with Gasteiger partial charge in [-0.05, 0) is 38.2 Å². The second kappa shape index (κ2) is 12.2. The molecular weight excluding hydrogens is 448 g/mol. The van der Waals surface area contributed by atoms with Crippen LogP contribution in [0.25, 0.3) is 5.65 Å². The third kappa shape index (κ3) is 6.48. The second-order valence-corrected chi connectivity index (χ2v) is 8.39. The monoisotopic (exact) mass is 482 g/mol. The number of nitrogens with zero attached hydrogens (tertiary/aromatic N) is 5. The van der Waals surface area contributed by atoms with Gasteiger partial charge in [-0.15, -0.1) is 0 Å². The number of aromatic nitrogens is 4. The van der Waals surface area contributed by atoms with E-state index >= 15 is 0 Å².